The van der Waals surface area contributed by atoms with Gasteiger partial charge in [-0.2, -0.15) is 0 Å². The molecule has 2 fully saturated rings. The first-order valence-corrected chi connectivity index (χ1v) is 13.5. The Kier molecular flexibility index (Phi) is 7.42. The molecule has 9 heteroatoms. The molecule has 1 aromatic heterocycles. The number of benzene rings is 1. The van der Waals surface area contributed by atoms with E-state index >= 15 is 0 Å². The average molecular weight is 531 g/mol. The summed E-state index contributed by atoms with van der Waals surface area (Å²) in [5, 5.41) is 16.5. The second-order valence-corrected chi connectivity index (χ2v) is 11.5. The van der Waals surface area contributed by atoms with Gasteiger partial charge in [0.2, 0.25) is 5.91 Å². The molecule has 1 saturated heterocycles. The first-order chi connectivity index (χ1) is 17.3. The number of carboxylic acid groups (broad SMARTS) is 1. The lowest BCUT2D eigenvalue weighted by Gasteiger charge is -2.59. The van der Waals surface area contributed by atoms with Crippen LogP contribution in [-0.2, 0) is 22.4 Å². The van der Waals surface area contributed by atoms with Crippen molar-refractivity contribution in [2.45, 2.75) is 51.0 Å². The fraction of sp³-hybridized carbons (Fsp3) is 0.519. The maximum Gasteiger partial charge on any atom is 0.305 e. The third kappa shape index (κ3) is 5.79. The Morgan fingerprint density at radius 1 is 1.19 bits per heavy atom. The third-order valence-corrected chi connectivity index (χ3v) is 8.13. The molecule has 1 unspecified atom stereocenters. The van der Waals surface area contributed by atoms with Crippen LogP contribution in [0.15, 0.2) is 30.3 Å². The highest BCUT2D eigenvalue weighted by atomic mass is 35.5. The number of likely N-dealkylation sites (tertiary alicyclic amines) is 1. The second-order valence-electron chi connectivity index (χ2n) is 10.6. The van der Waals surface area contributed by atoms with Gasteiger partial charge in [-0.05, 0) is 85.9 Å². The number of nitrogens with one attached hydrogen (secondary N) is 2. The highest BCUT2D eigenvalue weighted by Crippen LogP contribution is 2.52. The van der Waals surface area contributed by atoms with Crippen molar-refractivity contribution in [1.29, 1.82) is 0 Å². The van der Waals surface area contributed by atoms with E-state index in [-0.39, 0.29) is 23.7 Å². The summed E-state index contributed by atoms with van der Waals surface area (Å²) in [6.07, 6.45) is 5.82. The van der Waals surface area contributed by atoms with Crippen molar-refractivity contribution in [3.05, 3.63) is 57.2 Å². The fourth-order valence-corrected chi connectivity index (χ4v) is 6.52. The van der Waals surface area contributed by atoms with Crippen LogP contribution in [0.2, 0.25) is 10.0 Å². The topological polar surface area (TPSA) is 94.6 Å². The summed E-state index contributed by atoms with van der Waals surface area (Å²) in [6.45, 7) is 4.10. The Morgan fingerprint density at radius 2 is 1.94 bits per heavy atom. The zero-order valence-electron chi connectivity index (χ0n) is 20.2. The number of nitrogens with zero attached hydrogens (tertiary/aromatic N) is 2. The smallest absolute Gasteiger partial charge is 0.305 e. The van der Waals surface area contributed by atoms with Crippen molar-refractivity contribution in [2.75, 3.05) is 31.5 Å². The lowest BCUT2D eigenvalue weighted by atomic mass is 9.57. The number of hydrogen-bond donors (Lipinski definition) is 3. The van der Waals surface area contributed by atoms with E-state index in [0.717, 1.165) is 69.8 Å². The normalized spacial score (nSPS) is 19.5. The predicted octanol–water partition coefficient (Wildman–Crippen LogP) is 4.72. The minimum atomic E-state index is -0.988. The number of anilines is 1. The van der Waals surface area contributed by atoms with E-state index < -0.39 is 12.0 Å². The molecule has 0 radical (unpaired) electrons. The molecule has 36 heavy (non-hydrogen) atoms. The molecule has 2 aliphatic heterocycles. The molecule has 1 atom stereocenters. The molecule has 1 aliphatic carbocycles. The van der Waals surface area contributed by atoms with Crippen LogP contribution in [0, 0.1) is 11.3 Å². The molecule has 1 aromatic carbocycles. The van der Waals surface area contributed by atoms with Gasteiger partial charge < -0.3 is 20.6 Å². The number of aryl methyl sites for hydroxylation is 2. The van der Waals surface area contributed by atoms with Gasteiger partial charge in [0.15, 0.2) is 0 Å². The zero-order chi connectivity index (χ0) is 25.3. The van der Waals surface area contributed by atoms with Crippen molar-refractivity contribution in [3.63, 3.8) is 0 Å². The summed E-state index contributed by atoms with van der Waals surface area (Å²) >= 11 is 12.2. The second kappa shape index (κ2) is 10.6. The number of aromatic nitrogens is 1. The Labute approximate surface area is 221 Å². The van der Waals surface area contributed by atoms with Gasteiger partial charge in [-0.25, -0.2) is 4.98 Å². The van der Waals surface area contributed by atoms with E-state index in [1.54, 1.807) is 18.2 Å². The first-order valence-electron chi connectivity index (χ1n) is 12.7. The predicted molar refractivity (Wildman–Crippen MR) is 141 cm³/mol. The number of rotatable bonds is 9. The Morgan fingerprint density at radius 3 is 2.67 bits per heavy atom. The van der Waals surface area contributed by atoms with E-state index in [2.05, 4.69) is 27.7 Å². The zero-order valence-corrected chi connectivity index (χ0v) is 21.7. The summed E-state index contributed by atoms with van der Waals surface area (Å²) in [5.74, 6) is -0.0960. The molecule has 1 saturated carbocycles. The first kappa shape index (κ1) is 25.3. The lowest BCUT2D eigenvalue weighted by Crippen LogP contribution is -2.64. The van der Waals surface area contributed by atoms with Crippen LogP contribution in [-0.4, -0.2) is 53.0 Å². The summed E-state index contributed by atoms with van der Waals surface area (Å²) in [6, 6.07) is 8.61. The highest BCUT2D eigenvalue weighted by Gasteiger charge is 2.54. The Bertz CT molecular complexity index is 1120. The molecule has 1 amide bonds. The summed E-state index contributed by atoms with van der Waals surface area (Å²) in [4.78, 5) is 31.5. The average Bonchev–Trinajstić information content (AvgIpc) is 2.77. The maximum atomic E-state index is 12.9. The number of pyridine rings is 1. The SMILES string of the molecule is O=C(O)CC(NC(=O)C1CC2(C1)CN(CCCc1ccc3c(n1)NCCC3)C2)c1cc(Cl)cc(Cl)c1. The Balaban J connectivity index is 1.06. The summed E-state index contributed by atoms with van der Waals surface area (Å²) in [5.41, 5.74) is 3.31. The third-order valence-electron chi connectivity index (χ3n) is 7.69. The van der Waals surface area contributed by atoms with Gasteiger partial charge in [0.25, 0.3) is 0 Å². The van der Waals surface area contributed by atoms with Gasteiger partial charge >= 0.3 is 5.97 Å². The molecule has 192 valence electrons. The molecule has 7 nitrogen and oxygen atoms in total. The van der Waals surface area contributed by atoms with Crippen molar-refractivity contribution in [3.8, 4) is 0 Å². The number of fused-ring (bicyclic) bond motifs is 1. The van der Waals surface area contributed by atoms with Crippen LogP contribution in [0.25, 0.3) is 0 Å². The summed E-state index contributed by atoms with van der Waals surface area (Å²) < 4.78 is 0. The van der Waals surface area contributed by atoms with Gasteiger partial charge in [-0.15, -0.1) is 0 Å². The number of carbonyl (C=O) groups is 2. The minimum absolute atomic E-state index is 0.0784. The van der Waals surface area contributed by atoms with Crippen LogP contribution in [0.4, 0.5) is 5.82 Å². The molecule has 0 bridgehead atoms. The number of amides is 1. The Hall–Kier alpha value is -2.35. The van der Waals surface area contributed by atoms with Crippen LogP contribution in [0.3, 0.4) is 0 Å². The number of carbonyl (C=O) groups excluding carboxylic acids is 1. The van der Waals surface area contributed by atoms with Crippen LogP contribution in [0.1, 0.15) is 55.0 Å². The quantitative estimate of drug-likeness (QED) is 0.434. The number of aliphatic carboxylic acids is 1. The summed E-state index contributed by atoms with van der Waals surface area (Å²) in [7, 11) is 0. The van der Waals surface area contributed by atoms with Gasteiger partial charge in [0.05, 0.1) is 12.5 Å². The molecule has 2 aromatic rings. The molecule has 1 spiro atoms. The van der Waals surface area contributed by atoms with Crippen molar-refractivity contribution in [1.82, 2.24) is 15.2 Å². The van der Waals surface area contributed by atoms with Crippen molar-refractivity contribution in [2.24, 2.45) is 11.3 Å². The van der Waals surface area contributed by atoms with Crippen molar-refractivity contribution < 1.29 is 14.7 Å². The van der Waals surface area contributed by atoms with Crippen LogP contribution >= 0.6 is 23.2 Å². The van der Waals surface area contributed by atoms with Gasteiger partial charge in [-0.1, -0.05) is 29.3 Å². The van der Waals surface area contributed by atoms with Gasteiger partial charge in [0, 0.05) is 41.3 Å². The minimum Gasteiger partial charge on any atom is -0.481 e. The van der Waals surface area contributed by atoms with E-state index in [1.165, 1.54) is 12.0 Å². The largest absolute Gasteiger partial charge is 0.481 e. The number of hydrogen-bond acceptors (Lipinski definition) is 5. The molecule has 3 heterocycles. The fourth-order valence-electron chi connectivity index (χ4n) is 5.97. The van der Waals surface area contributed by atoms with Crippen molar-refractivity contribution >= 4 is 40.9 Å². The molecule has 5 rings (SSSR count). The van der Waals surface area contributed by atoms with E-state index in [9.17, 15) is 14.7 Å². The molecular formula is C27H32Cl2N4O3. The van der Waals surface area contributed by atoms with E-state index in [4.69, 9.17) is 28.2 Å². The van der Waals surface area contributed by atoms with E-state index in [1.807, 2.05) is 0 Å². The number of carboxylic acids is 1. The molecular weight excluding hydrogens is 499 g/mol. The lowest BCUT2D eigenvalue weighted by molar-refractivity contribution is -0.145. The monoisotopic (exact) mass is 530 g/mol. The molecule has 3 N–H and O–H groups in total. The molecule has 3 aliphatic rings. The van der Waals surface area contributed by atoms with Gasteiger partial charge in [-0.3, -0.25) is 9.59 Å². The number of halogens is 2. The highest BCUT2D eigenvalue weighted by molar-refractivity contribution is 6.34. The van der Waals surface area contributed by atoms with E-state index in [0.29, 0.717) is 15.6 Å². The van der Waals surface area contributed by atoms with Crippen LogP contribution in [0.5, 0.6) is 0 Å². The van der Waals surface area contributed by atoms with Gasteiger partial charge in [0.1, 0.15) is 5.82 Å². The standard InChI is InChI=1S/C27H32Cl2N4O3/c28-20-9-18(10-21(29)11-20)23(12-24(34)35)32-26(36)19-13-27(14-19)15-33(16-27)8-2-4-22-6-5-17-3-1-7-30-25(17)31-22/h5-6,9-11,19,23H,1-4,7-8,12-16H2,(H,30,31)(H,32,36)(H,34,35). The maximum absolute atomic E-state index is 12.9. The van der Waals surface area contributed by atoms with Crippen LogP contribution < -0.4 is 10.6 Å².